The lowest BCUT2D eigenvalue weighted by atomic mass is 9.82. The standard InChI is InChI=1S/C17H26N2O/c1-3-17(4-2)8-10-19(13-17)12-14-6-5-7-15-16(14)20-11-9-18-15/h5-7,18H,3-4,8-13H2,1-2H3. The monoisotopic (exact) mass is 274 g/mol. The number of anilines is 1. The Morgan fingerprint density at radius 3 is 2.90 bits per heavy atom. The van der Waals surface area contributed by atoms with E-state index in [4.69, 9.17) is 4.74 Å². The molecule has 110 valence electrons. The number of hydrogen-bond acceptors (Lipinski definition) is 3. The number of nitrogens with one attached hydrogen (secondary N) is 1. The van der Waals surface area contributed by atoms with Gasteiger partial charge in [-0.15, -0.1) is 0 Å². The molecule has 0 saturated carbocycles. The summed E-state index contributed by atoms with van der Waals surface area (Å²) < 4.78 is 5.88. The van der Waals surface area contributed by atoms with Crippen molar-refractivity contribution in [2.24, 2.45) is 5.41 Å². The highest BCUT2D eigenvalue weighted by Gasteiger charge is 2.35. The minimum absolute atomic E-state index is 0.550. The van der Waals surface area contributed by atoms with Gasteiger partial charge in [-0.25, -0.2) is 0 Å². The third-order valence-corrected chi connectivity index (χ3v) is 5.17. The Morgan fingerprint density at radius 2 is 2.15 bits per heavy atom. The molecule has 0 aliphatic carbocycles. The molecule has 1 N–H and O–H groups in total. The van der Waals surface area contributed by atoms with Crippen molar-refractivity contribution >= 4 is 5.69 Å². The van der Waals surface area contributed by atoms with Crippen LogP contribution in [0.1, 0.15) is 38.7 Å². The highest BCUT2D eigenvalue weighted by atomic mass is 16.5. The van der Waals surface area contributed by atoms with Crippen LogP contribution >= 0.6 is 0 Å². The van der Waals surface area contributed by atoms with Crippen LogP contribution in [0.25, 0.3) is 0 Å². The highest BCUT2D eigenvalue weighted by Crippen LogP contribution is 2.39. The molecule has 0 radical (unpaired) electrons. The summed E-state index contributed by atoms with van der Waals surface area (Å²) in [7, 11) is 0. The summed E-state index contributed by atoms with van der Waals surface area (Å²) in [6, 6.07) is 6.47. The van der Waals surface area contributed by atoms with Crippen LogP contribution in [0.15, 0.2) is 18.2 Å². The number of benzene rings is 1. The first-order valence-corrected chi connectivity index (χ1v) is 7.97. The topological polar surface area (TPSA) is 24.5 Å². The largest absolute Gasteiger partial charge is 0.489 e. The third-order valence-electron chi connectivity index (χ3n) is 5.17. The Balaban J connectivity index is 1.73. The van der Waals surface area contributed by atoms with Crippen molar-refractivity contribution in [2.45, 2.75) is 39.7 Å². The van der Waals surface area contributed by atoms with Gasteiger partial charge < -0.3 is 10.1 Å². The van der Waals surface area contributed by atoms with Gasteiger partial charge >= 0.3 is 0 Å². The second-order valence-corrected chi connectivity index (χ2v) is 6.24. The molecule has 3 heteroatoms. The van der Waals surface area contributed by atoms with Gasteiger partial charge in [0.2, 0.25) is 0 Å². The molecule has 20 heavy (non-hydrogen) atoms. The van der Waals surface area contributed by atoms with Crippen LogP contribution in [0, 0.1) is 5.41 Å². The Morgan fingerprint density at radius 1 is 1.30 bits per heavy atom. The van der Waals surface area contributed by atoms with Crippen molar-refractivity contribution in [1.82, 2.24) is 4.90 Å². The van der Waals surface area contributed by atoms with Crippen molar-refractivity contribution in [3.63, 3.8) is 0 Å². The second kappa shape index (κ2) is 5.65. The second-order valence-electron chi connectivity index (χ2n) is 6.24. The van der Waals surface area contributed by atoms with E-state index in [2.05, 4.69) is 42.3 Å². The summed E-state index contributed by atoms with van der Waals surface area (Å²) >= 11 is 0. The Bertz CT molecular complexity index is 468. The fourth-order valence-corrected chi connectivity index (χ4v) is 3.59. The molecule has 1 aromatic carbocycles. The smallest absolute Gasteiger partial charge is 0.146 e. The van der Waals surface area contributed by atoms with Gasteiger partial charge in [-0.1, -0.05) is 26.0 Å². The van der Waals surface area contributed by atoms with E-state index in [1.807, 2.05) is 0 Å². The highest BCUT2D eigenvalue weighted by molar-refractivity contribution is 5.61. The average molecular weight is 274 g/mol. The maximum atomic E-state index is 5.88. The predicted octanol–water partition coefficient (Wildman–Crippen LogP) is 3.50. The van der Waals surface area contributed by atoms with Crippen LogP contribution in [0.5, 0.6) is 5.75 Å². The molecule has 3 rings (SSSR count). The molecule has 2 aliphatic heterocycles. The third kappa shape index (κ3) is 2.51. The van der Waals surface area contributed by atoms with Gasteiger partial charge in [0.05, 0.1) is 5.69 Å². The van der Waals surface area contributed by atoms with E-state index >= 15 is 0 Å². The molecule has 0 amide bonds. The zero-order valence-corrected chi connectivity index (χ0v) is 12.7. The number of rotatable bonds is 4. The number of fused-ring (bicyclic) bond motifs is 1. The molecule has 2 aliphatic rings. The van der Waals surface area contributed by atoms with Crippen LogP contribution in [-0.2, 0) is 6.54 Å². The number of nitrogens with zero attached hydrogens (tertiary/aromatic N) is 1. The van der Waals surface area contributed by atoms with Crippen LogP contribution in [-0.4, -0.2) is 31.1 Å². The van der Waals surface area contributed by atoms with Gasteiger partial charge in [0.1, 0.15) is 12.4 Å². The van der Waals surface area contributed by atoms with Crippen molar-refractivity contribution in [3.8, 4) is 5.75 Å². The molecule has 1 fully saturated rings. The summed E-state index contributed by atoms with van der Waals surface area (Å²) in [5.41, 5.74) is 3.04. The number of ether oxygens (including phenoxy) is 1. The van der Waals surface area contributed by atoms with E-state index in [0.29, 0.717) is 5.41 Å². The van der Waals surface area contributed by atoms with Crippen molar-refractivity contribution in [2.75, 3.05) is 31.6 Å². The van der Waals surface area contributed by atoms with E-state index in [1.165, 1.54) is 37.9 Å². The molecule has 1 aromatic rings. The summed E-state index contributed by atoms with van der Waals surface area (Å²) in [6.45, 7) is 9.84. The van der Waals surface area contributed by atoms with Crippen molar-refractivity contribution in [3.05, 3.63) is 23.8 Å². The molecule has 0 spiro atoms. The molecule has 2 heterocycles. The summed E-state index contributed by atoms with van der Waals surface area (Å²) in [5, 5.41) is 3.42. The molecule has 0 aromatic heterocycles. The number of para-hydroxylation sites is 1. The lowest BCUT2D eigenvalue weighted by molar-refractivity contribution is 0.232. The normalized spacial score (nSPS) is 21.1. The molecule has 3 nitrogen and oxygen atoms in total. The zero-order chi connectivity index (χ0) is 14.0. The van der Waals surface area contributed by atoms with Crippen molar-refractivity contribution in [1.29, 1.82) is 0 Å². The molecular formula is C17H26N2O. The van der Waals surface area contributed by atoms with Gasteiger partial charge in [0, 0.05) is 25.2 Å². The quantitative estimate of drug-likeness (QED) is 0.909. The Hall–Kier alpha value is -1.22. The molecule has 1 saturated heterocycles. The zero-order valence-electron chi connectivity index (χ0n) is 12.7. The first-order valence-electron chi connectivity index (χ1n) is 7.97. The minimum atomic E-state index is 0.550. The SMILES string of the molecule is CCC1(CC)CCN(Cc2cccc3c2OCCN3)C1. The predicted molar refractivity (Wildman–Crippen MR) is 83.3 cm³/mol. The van der Waals surface area contributed by atoms with Crippen LogP contribution in [0.4, 0.5) is 5.69 Å². The lowest BCUT2D eigenvalue weighted by Gasteiger charge is -2.27. The van der Waals surface area contributed by atoms with E-state index < -0.39 is 0 Å². The molecule has 0 bridgehead atoms. The maximum Gasteiger partial charge on any atom is 0.146 e. The fourth-order valence-electron chi connectivity index (χ4n) is 3.59. The summed E-state index contributed by atoms with van der Waals surface area (Å²) in [4.78, 5) is 2.60. The Labute approximate surface area is 122 Å². The molecule has 0 unspecified atom stereocenters. The van der Waals surface area contributed by atoms with Crippen LogP contribution in [0.3, 0.4) is 0 Å². The van der Waals surface area contributed by atoms with Gasteiger partial charge in [-0.2, -0.15) is 0 Å². The molecular weight excluding hydrogens is 248 g/mol. The lowest BCUT2D eigenvalue weighted by Crippen LogP contribution is -2.27. The summed E-state index contributed by atoms with van der Waals surface area (Å²) in [6.07, 6.45) is 3.93. The van der Waals surface area contributed by atoms with E-state index in [0.717, 1.165) is 31.1 Å². The summed E-state index contributed by atoms with van der Waals surface area (Å²) in [5.74, 6) is 1.07. The van der Waals surface area contributed by atoms with Gasteiger partial charge in [0.15, 0.2) is 0 Å². The van der Waals surface area contributed by atoms with Crippen LogP contribution in [0.2, 0.25) is 0 Å². The maximum absolute atomic E-state index is 5.88. The minimum Gasteiger partial charge on any atom is -0.489 e. The van der Waals surface area contributed by atoms with E-state index in [-0.39, 0.29) is 0 Å². The van der Waals surface area contributed by atoms with Gasteiger partial charge in [-0.05, 0) is 37.3 Å². The average Bonchev–Trinajstić information content (AvgIpc) is 2.92. The van der Waals surface area contributed by atoms with E-state index in [1.54, 1.807) is 0 Å². The van der Waals surface area contributed by atoms with Gasteiger partial charge in [0.25, 0.3) is 0 Å². The van der Waals surface area contributed by atoms with Gasteiger partial charge in [-0.3, -0.25) is 4.90 Å². The molecule has 0 atom stereocenters. The number of hydrogen-bond donors (Lipinski definition) is 1. The Kier molecular flexibility index (Phi) is 3.88. The number of likely N-dealkylation sites (tertiary alicyclic amines) is 1. The first kappa shape index (κ1) is 13.7. The fraction of sp³-hybridized carbons (Fsp3) is 0.647. The van der Waals surface area contributed by atoms with E-state index in [9.17, 15) is 0 Å². The van der Waals surface area contributed by atoms with Crippen LogP contribution < -0.4 is 10.1 Å². The first-order chi connectivity index (χ1) is 9.76. The van der Waals surface area contributed by atoms with Crippen molar-refractivity contribution < 1.29 is 4.74 Å².